The minimum Gasteiger partial charge on any atom is -0.343 e. The van der Waals surface area contributed by atoms with Crippen LogP contribution in [0.2, 0.25) is 0 Å². The number of rotatable bonds is 10. The van der Waals surface area contributed by atoms with Gasteiger partial charge in [-0.2, -0.15) is 22.7 Å². The molecule has 0 amide bonds. The molecule has 0 nitrogen and oxygen atoms in total. The zero-order chi connectivity index (χ0) is 12.5. The Bertz CT molecular complexity index is 73.1. The van der Waals surface area contributed by atoms with Crippen molar-refractivity contribution in [3.8, 4) is 0 Å². The Hall–Kier alpha value is 1.05. The molecule has 0 N–H and O–H groups in total. The standard InChI is InChI=1S/2C8H17.H3P.Zn/c2*1-3-5-7-8-6-4-2;;/h2*1,3-8H2,2H3;1H3;/q2*-1;;+2. The summed E-state index contributed by atoms with van der Waals surface area (Å²) in [5.41, 5.74) is 0. The molecule has 0 fully saturated rings. The Balaban J connectivity index is -0.0000000980. The fourth-order valence-corrected chi connectivity index (χ4v) is 1.56. The Morgan fingerprint density at radius 1 is 0.556 bits per heavy atom. The second-order valence-electron chi connectivity index (χ2n) is 4.54. The van der Waals surface area contributed by atoms with Crippen LogP contribution in [0.5, 0.6) is 0 Å². The Morgan fingerprint density at radius 2 is 0.833 bits per heavy atom. The third kappa shape index (κ3) is 36.0. The van der Waals surface area contributed by atoms with E-state index < -0.39 is 0 Å². The molecule has 18 heavy (non-hydrogen) atoms. The second-order valence-corrected chi connectivity index (χ2v) is 4.54. The molecular formula is C16H37PZn. The molecule has 2 heteroatoms. The van der Waals surface area contributed by atoms with Gasteiger partial charge in [-0.1, -0.05) is 78.1 Å². The van der Waals surface area contributed by atoms with Gasteiger partial charge < -0.3 is 13.8 Å². The smallest absolute Gasteiger partial charge is 0.343 e. The van der Waals surface area contributed by atoms with E-state index in [0.29, 0.717) is 0 Å². The van der Waals surface area contributed by atoms with E-state index in [1.54, 1.807) is 0 Å². The summed E-state index contributed by atoms with van der Waals surface area (Å²) in [7, 11) is 0. The normalized spacial score (nSPS) is 8.67. The summed E-state index contributed by atoms with van der Waals surface area (Å²) in [5, 5.41) is 0. The van der Waals surface area contributed by atoms with Crippen molar-refractivity contribution < 1.29 is 19.5 Å². The first-order valence-corrected chi connectivity index (χ1v) is 7.41. The van der Waals surface area contributed by atoms with Crippen LogP contribution in [0.1, 0.15) is 90.9 Å². The van der Waals surface area contributed by atoms with Gasteiger partial charge in [0, 0.05) is 0 Å². The molecule has 1 atom stereocenters. The molecular weight excluding hydrogens is 289 g/mol. The van der Waals surface area contributed by atoms with Gasteiger partial charge >= 0.3 is 19.5 Å². The molecule has 0 aliphatic heterocycles. The molecule has 0 aromatic heterocycles. The average Bonchev–Trinajstić information content (AvgIpc) is 2.31. The number of hydrogen-bond donors (Lipinski definition) is 0. The zero-order valence-corrected chi connectivity index (χ0v) is 17.7. The van der Waals surface area contributed by atoms with Crippen molar-refractivity contribution in [2.75, 3.05) is 0 Å². The van der Waals surface area contributed by atoms with Crippen LogP contribution in [-0.2, 0) is 19.5 Å². The largest absolute Gasteiger partial charge is 2.00 e. The molecule has 0 aromatic rings. The average molecular weight is 326 g/mol. The van der Waals surface area contributed by atoms with Gasteiger partial charge in [0.05, 0.1) is 0 Å². The van der Waals surface area contributed by atoms with Crippen LogP contribution >= 0.6 is 9.90 Å². The summed E-state index contributed by atoms with van der Waals surface area (Å²) in [6.45, 7) is 12.0. The van der Waals surface area contributed by atoms with E-state index in [2.05, 4.69) is 27.7 Å². The maximum Gasteiger partial charge on any atom is 2.00 e. The monoisotopic (exact) mass is 324 g/mol. The Labute approximate surface area is 134 Å². The molecule has 0 aliphatic carbocycles. The van der Waals surface area contributed by atoms with Gasteiger partial charge in [-0.05, 0) is 0 Å². The van der Waals surface area contributed by atoms with E-state index in [0.717, 1.165) is 12.8 Å². The SMILES string of the molecule is P.[CH2-]CCCCCCC.[CH2-]CCCCCCC.[Zn+2]. The molecule has 0 spiro atoms. The van der Waals surface area contributed by atoms with Gasteiger partial charge in [-0.25, -0.2) is 0 Å². The second kappa shape index (κ2) is 30.8. The van der Waals surface area contributed by atoms with Crippen LogP contribution in [0.25, 0.3) is 0 Å². The van der Waals surface area contributed by atoms with Gasteiger partial charge in [0.1, 0.15) is 0 Å². The predicted octanol–water partition coefficient (Wildman–Crippen LogP) is 6.42. The summed E-state index contributed by atoms with van der Waals surface area (Å²) >= 11 is 0. The number of unbranched alkanes of at least 4 members (excludes halogenated alkanes) is 10. The van der Waals surface area contributed by atoms with E-state index in [4.69, 9.17) is 0 Å². The fourth-order valence-electron chi connectivity index (χ4n) is 1.56. The van der Waals surface area contributed by atoms with Gasteiger partial charge in [-0.3, -0.25) is 0 Å². The molecule has 1 unspecified atom stereocenters. The zero-order valence-electron chi connectivity index (χ0n) is 13.3. The van der Waals surface area contributed by atoms with Crippen LogP contribution in [0, 0.1) is 13.8 Å². The maximum absolute atomic E-state index is 3.78. The van der Waals surface area contributed by atoms with Gasteiger partial charge in [-0.15, -0.1) is 0 Å². The molecule has 0 bridgehead atoms. The van der Waals surface area contributed by atoms with E-state index >= 15 is 0 Å². The molecule has 0 aliphatic rings. The maximum atomic E-state index is 3.78. The van der Waals surface area contributed by atoms with E-state index in [-0.39, 0.29) is 29.4 Å². The van der Waals surface area contributed by atoms with Crippen LogP contribution < -0.4 is 0 Å². The quantitative estimate of drug-likeness (QED) is 0.188. The first kappa shape index (κ1) is 27.4. The summed E-state index contributed by atoms with van der Waals surface area (Å²) in [6, 6.07) is 0. The van der Waals surface area contributed by atoms with Crippen molar-refractivity contribution in [1.82, 2.24) is 0 Å². The summed E-state index contributed by atoms with van der Waals surface area (Å²) in [6.07, 6.45) is 16.0. The predicted molar refractivity (Wildman–Crippen MR) is 88.6 cm³/mol. The molecule has 0 saturated carbocycles. The molecule has 0 heterocycles. The van der Waals surface area contributed by atoms with Crippen molar-refractivity contribution in [3.05, 3.63) is 13.8 Å². The fraction of sp³-hybridized carbons (Fsp3) is 0.875. The molecule has 0 saturated heterocycles. The third-order valence-electron chi connectivity index (χ3n) is 2.71. The Kier molecular flexibility index (Phi) is 46.9. The van der Waals surface area contributed by atoms with Crippen molar-refractivity contribution in [2.45, 2.75) is 90.9 Å². The molecule has 0 radical (unpaired) electrons. The first-order chi connectivity index (χ1) is 7.83. The topological polar surface area (TPSA) is 0 Å². The van der Waals surface area contributed by atoms with Gasteiger partial charge in [0.25, 0.3) is 0 Å². The molecule has 108 valence electrons. The molecule has 0 aromatic carbocycles. The van der Waals surface area contributed by atoms with Crippen molar-refractivity contribution in [1.29, 1.82) is 0 Å². The summed E-state index contributed by atoms with van der Waals surface area (Å²) in [4.78, 5) is 0. The van der Waals surface area contributed by atoms with Crippen LogP contribution in [0.3, 0.4) is 0 Å². The number of hydrogen-bond acceptors (Lipinski definition) is 0. The van der Waals surface area contributed by atoms with Crippen molar-refractivity contribution in [2.24, 2.45) is 0 Å². The third-order valence-corrected chi connectivity index (χ3v) is 2.71. The first-order valence-electron chi connectivity index (χ1n) is 7.41. The Morgan fingerprint density at radius 3 is 1.06 bits per heavy atom. The summed E-state index contributed by atoms with van der Waals surface area (Å²) < 4.78 is 0. The van der Waals surface area contributed by atoms with E-state index in [1.807, 2.05) is 0 Å². The molecule has 0 rings (SSSR count). The van der Waals surface area contributed by atoms with Crippen LogP contribution in [0.15, 0.2) is 0 Å². The van der Waals surface area contributed by atoms with E-state index in [1.165, 1.54) is 64.2 Å². The van der Waals surface area contributed by atoms with Crippen LogP contribution in [0.4, 0.5) is 0 Å². The summed E-state index contributed by atoms with van der Waals surface area (Å²) in [5.74, 6) is 0. The van der Waals surface area contributed by atoms with Crippen LogP contribution in [-0.4, -0.2) is 0 Å². The van der Waals surface area contributed by atoms with Crippen molar-refractivity contribution >= 4 is 9.90 Å². The minimum absolute atomic E-state index is 0. The minimum atomic E-state index is 0. The van der Waals surface area contributed by atoms with Gasteiger partial charge in [0.2, 0.25) is 0 Å². The van der Waals surface area contributed by atoms with Gasteiger partial charge in [0.15, 0.2) is 0 Å². The van der Waals surface area contributed by atoms with Crippen molar-refractivity contribution in [3.63, 3.8) is 0 Å². The van der Waals surface area contributed by atoms with E-state index in [9.17, 15) is 0 Å².